The summed E-state index contributed by atoms with van der Waals surface area (Å²) in [7, 11) is 0. The molecular formula is C24H22ClN3O. The molecule has 2 aromatic heterocycles. The van der Waals surface area contributed by atoms with Crippen LogP contribution in [0.1, 0.15) is 24.0 Å². The molecule has 0 aliphatic carbocycles. The summed E-state index contributed by atoms with van der Waals surface area (Å²) in [5.74, 6) is 0.0212. The lowest BCUT2D eigenvalue weighted by molar-refractivity contribution is -0.116. The number of halogens is 1. The fourth-order valence-corrected chi connectivity index (χ4v) is 3.75. The third-order valence-electron chi connectivity index (χ3n) is 4.92. The molecule has 0 aliphatic heterocycles. The van der Waals surface area contributed by atoms with Crippen molar-refractivity contribution < 1.29 is 4.79 Å². The Morgan fingerprint density at radius 2 is 2.00 bits per heavy atom. The number of aromatic nitrogens is 2. The van der Waals surface area contributed by atoms with Gasteiger partial charge in [-0.25, -0.2) is 0 Å². The molecule has 5 heteroatoms. The Balaban J connectivity index is 1.52. The van der Waals surface area contributed by atoms with Gasteiger partial charge in [-0.3, -0.25) is 9.78 Å². The number of carbonyl (C=O) groups is 1. The molecule has 0 bridgehead atoms. The van der Waals surface area contributed by atoms with Gasteiger partial charge in [0, 0.05) is 34.2 Å². The van der Waals surface area contributed by atoms with Crippen LogP contribution in [0.15, 0.2) is 66.9 Å². The maximum atomic E-state index is 12.4. The molecule has 0 saturated carbocycles. The first-order chi connectivity index (χ1) is 14.1. The lowest BCUT2D eigenvalue weighted by atomic mass is 10.0. The Bertz CT molecular complexity index is 1150. The van der Waals surface area contributed by atoms with Gasteiger partial charge in [0.1, 0.15) is 0 Å². The number of benzene rings is 2. The van der Waals surface area contributed by atoms with Crippen molar-refractivity contribution in [2.24, 2.45) is 0 Å². The average molecular weight is 404 g/mol. The Hall–Kier alpha value is -3.11. The predicted molar refractivity (Wildman–Crippen MR) is 119 cm³/mol. The van der Waals surface area contributed by atoms with Crippen molar-refractivity contribution in [1.82, 2.24) is 9.97 Å². The molecule has 29 heavy (non-hydrogen) atoms. The van der Waals surface area contributed by atoms with E-state index in [0.29, 0.717) is 11.4 Å². The molecule has 4 aromatic rings. The van der Waals surface area contributed by atoms with Crippen LogP contribution in [-0.2, 0) is 11.2 Å². The fourth-order valence-electron chi connectivity index (χ4n) is 3.58. The molecule has 0 atom stereocenters. The highest BCUT2D eigenvalue weighted by Gasteiger charge is 2.15. The Kier molecular flexibility index (Phi) is 5.63. The normalized spacial score (nSPS) is 11.0. The van der Waals surface area contributed by atoms with E-state index in [1.54, 1.807) is 6.20 Å². The number of aromatic amines is 1. The first kappa shape index (κ1) is 19.2. The highest BCUT2D eigenvalue weighted by atomic mass is 35.5. The predicted octanol–water partition coefficient (Wildman–Crippen LogP) is 6.15. The lowest BCUT2D eigenvalue weighted by Gasteiger charge is -2.07. The van der Waals surface area contributed by atoms with Gasteiger partial charge in [0.15, 0.2) is 0 Å². The standard InChI is InChI=1S/C24H22ClN3O/c1-16-6-4-7-18(14-16)27-23(29)10-5-8-19-20-15-17(25)11-12-21(20)28-24(19)22-9-2-3-13-26-22/h2-4,6-7,9,11-15,28H,5,8,10H2,1H3,(H,27,29). The van der Waals surface area contributed by atoms with Crippen LogP contribution >= 0.6 is 11.6 Å². The molecule has 4 rings (SSSR count). The first-order valence-electron chi connectivity index (χ1n) is 9.68. The number of rotatable bonds is 6. The van der Waals surface area contributed by atoms with E-state index < -0.39 is 0 Å². The molecule has 1 amide bonds. The zero-order valence-electron chi connectivity index (χ0n) is 16.2. The SMILES string of the molecule is Cc1cccc(NC(=O)CCCc2c(-c3ccccn3)[nH]c3ccc(Cl)cc23)c1. The molecule has 0 radical (unpaired) electrons. The highest BCUT2D eigenvalue weighted by Crippen LogP contribution is 2.32. The fraction of sp³-hybridized carbons (Fsp3) is 0.167. The number of H-pyrrole nitrogens is 1. The number of hydrogen-bond donors (Lipinski definition) is 2. The van der Waals surface area contributed by atoms with Crippen LogP contribution in [0.3, 0.4) is 0 Å². The van der Waals surface area contributed by atoms with Crippen molar-refractivity contribution in [2.75, 3.05) is 5.32 Å². The summed E-state index contributed by atoms with van der Waals surface area (Å²) >= 11 is 6.24. The van der Waals surface area contributed by atoms with E-state index in [0.717, 1.165) is 51.9 Å². The lowest BCUT2D eigenvalue weighted by Crippen LogP contribution is -2.11. The summed E-state index contributed by atoms with van der Waals surface area (Å²) in [5.41, 5.74) is 6.00. The van der Waals surface area contributed by atoms with E-state index in [-0.39, 0.29) is 5.91 Å². The molecule has 146 valence electrons. The second-order valence-electron chi connectivity index (χ2n) is 7.15. The maximum Gasteiger partial charge on any atom is 0.224 e. The third kappa shape index (κ3) is 4.49. The minimum Gasteiger partial charge on any atom is -0.353 e. The smallest absolute Gasteiger partial charge is 0.224 e. The van der Waals surface area contributed by atoms with Gasteiger partial charge < -0.3 is 10.3 Å². The summed E-state index contributed by atoms with van der Waals surface area (Å²) in [6.45, 7) is 2.01. The van der Waals surface area contributed by atoms with Gasteiger partial charge in [-0.2, -0.15) is 0 Å². The van der Waals surface area contributed by atoms with Crippen LogP contribution in [-0.4, -0.2) is 15.9 Å². The maximum absolute atomic E-state index is 12.4. The molecule has 2 N–H and O–H groups in total. The van der Waals surface area contributed by atoms with E-state index in [2.05, 4.69) is 15.3 Å². The minimum absolute atomic E-state index is 0.0212. The van der Waals surface area contributed by atoms with Crippen LogP contribution in [0.2, 0.25) is 5.02 Å². The molecule has 0 aliphatic rings. The van der Waals surface area contributed by atoms with Crippen molar-refractivity contribution in [3.05, 3.63) is 83.0 Å². The van der Waals surface area contributed by atoms with E-state index in [1.165, 1.54) is 0 Å². The molecule has 0 unspecified atom stereocenters. The molecule has 4 nitrogen and oxygen atoms in total. The molecule has 0 fully saturated rings. The van der Waals surface area contributed by atoms with Gasteiger partial charge in [0.25, 0.3) is 0 Å². The van der Waals surface area contributed by atoms with Gasteiger partial charge in [-0.1, -0.05) is 29.8 Å². The number of amides is 1. The van der Waals surface area contributed by atoms with Crippen LogP contribution in [0.5, 0.6) is 0 Å². The van der Waals surface area contributed by atoms with Crippen molar-refractivity contribution >= 4 is 34.1 Å². The number of carbonyl (C=O) groups excluding carboxylic acids is 1. The van der Waals surface area contributed by atoms with E-state index in [4.69, 9.17) is 11.6 Å². The van der Waals surface area contributed by atoms with Crippen molar-refractivity contribution in [3.63, 3.8) is 0 Å². The van der Waals surface area contributed by atoms with E-state index in [1.807, 2.05) is 67.6 Å². The number of nitrogens with zero attached hydrogens (tertiary/aromatic N) is 1. The number of hydrogen-bond acceptors (Lipinski definition) is 2. The van der Waals surface area contributed by atoms with Gasteiger partial charge in [-0.05, 0) is 73.4 Å². The second-order valence-corrected chi connectivity index (χ2v) is 7.59. The molecular weight excluding hydrogens is 382 g/mol. The summed E-state index contributed by atoms with van der Waals surface area (Å²) in [6.07, 6.45) is 3.72. The topological polar surface area (TPSA) is 57.8 Å². The minimum atomic E-state index is 0.0212. The van der Waals surface area contributed by atoms with Crippen LogP contribution in [0.25, 0.3) is 22.3 Å². The zero-order valence-corrected chi connectivity index (χ0v) is 17.0. The van der Waals surface area contributed by atoms with Gasteiger partial charge in [0.2, 0.25) is 5.91 Å². The van der Waals surface area contributed by atoms with Gasteiger partial charge in [-0.15, -0.1) is 0 Å². The van der Waals surface area contributed by atoms with Crippen LogP contribution in [0, 0.1) is 6.92 Å². The van der Waals surface area contributed by atoms with Gasteiger partial charge in [0.05, 0.1) is 11.4 Å². The monoisotopic (exact) mass is 403 g/mol. The van der Waals surface area contributed by atoms with Crippen LogP contribution < -0.4 is 5.32 Å². The molecule has 0 spiro atoms. The number of aryl methyl sites for hydroxylation is 2. The third-order valence-corrected chi connectivity index (χ3v) is 5.16. The first-order valence-corrected chi connectivity index (χ1v) is 10.1. The quantitative estimate of drug-likeness (QED) is 0.405. The number of anilines is 1. The summed E-state index contributed by atoms with van der Waals surface area (Å²) in [5, 5.41) is 4.75. The summed E-state index contributed by atoms with van der Waals surface area (Å²) < 4.78 is 0. The summed E-state index contributed by atoms with van der Waals surface area (Å²) in [4.78, 5) is 20.3. The highest BCUT2D eigenvalue weighted by molar-refractivity contribution is 6.31. The Morgan fingerprint density at radius 1 is 1.10 bits per heavy atom. The van der Waals surface area contributed by atoms with E-state index in [9.17, 15) is 4.79 Å². The largest absolute Gasteiger partial charge is 0.353 e. The summed E-state index contributed by atoms with van der Waals surface area (Å²) in [6, 6.07) is 19.5. The van der Waals surface area contributed by atoms with E-state index >= 15 is 0 Å². The molecule has 0 saturated heterocycles. The van der Waals surface area contributed by atoms with Crippen molar-refractivity contribution in [3.8, 4) is 11.4 Å². The van der Waals surface area contributed by atoms with Crippen molar-refractivity contribution in [1.29, 1.82) is 0 Å². The number of pyridine rings is 1. The van der Waals surface area contributed by atoms with Crippen molar-refractivity contribution in [2.45, 2.75) is 26.2 Å². The Morgan fingerprint density at radius 3 is 2.79 bits per heavy atom. The number of nitrogens with one attached hydrogen (secondary N) is 2. The molecule has 2 aromatic carbocycles. The Labute approximate surface area is 174 Å². The van der Waals surface area contributed by atoms with Gasteiger partial charge >= 0.3 is 0 Å². The number of fused-ring (bicyclic) bond motifs is 1. The molecule has 2 heterocycles. The second kappa shape index (κ2) is 8.50. The average Bonchev–Trinajstić information content (AvgIpc) is 3.06. The van der Waals surface area contributed by atoms with Crippen LogP contribution in [0.4, 0.5) is 5.69 Å². The zero-order chi connectivity index (χ0) is 20.2.